The van der Waals surface area contributed by atoms with Gasteiger partial charge in [-0.15, -0.1) is 0 Å². The lowest BCUT2D eigenvalue weighted by Crippen LogP contribution is -2.59. The molecule has 5 rings (SSSR count). The molecule has 0 radical (unpaired) electrons. The van der Waals surface area contributed by atoms with Crippen LogP contribution in [0.1, 0.15) is 78.0 Å². The number of nitrogens with two attached hydrogens (primary N) is 1. The highest BCUT2D eigenvalue weighted by Gasteiger charge is 2.67. The number of hydrogen-bond acceptors (Lipinski definition) is 14. The molecule has 2 fully saturated rings. The van der Waals surface area contributed by atoms with Gasteiger partial charge in [-0.05, 0) is 56.0 Å². The Morgan fingerprint density at radius 3 is 2.18 bits per heavy atom. The van der Waals surface area contributed by atoms with E-state index in [-0.39, 0.29) is 54.3 Å². The van der Waals surface area contributed by atoms with Gasteiger partial charge >= 0.3 is 11.4 Å². The molecule has 5 heterocycles. The zero-order chi connectivity index (χ0) is 42.8. The van der Waals surface area contributed by atoms with Crippen molar-refractivity contribution in [2.24, 2.45) is 5.73 Å². The third-order valence-electron chi connectivity index (χ3n) is 12.3. The summed E-state index contributed by atoms with van der Waals surface area (Å²) >= 11 is 0. The van der Waals surface area contributed by atoms with Crippen LogP contribution in [0.25, 0.3) is 0 Å². The summed E-state index contributed by atoms with van der Waals surface area (Å²) in [6, 6.07) is 0. The first-order valence-corrected chi connectivity index (χ1v) is 26.4. The second-order valence-electron chi connectivity index (χ2n) is 18.3. The maximum absolute atomic E-state index is 14.5. The number of nitrogens with zero attached hydrogens (tertiary/aromatic N) is 3. The van der Waals surface area contributed by atoms with E-state index in [9.17, 15) is 37.8 Å². The van der Waals surface area contributed by atoms with Gasteiger partial charge in [-0.1, -0.05) is 41.5 Å². The second-order valence-corrected chi connectivity index (χ2v) is 29.3. The minimum absolute atomic E-state index is 0.0151. The van der Waals surface area contributed by atoms with Crippen LogP contribution in [0.5, 0.6) is 0 Å². The van der Waals surface area contributed by atoms with E-state index in [1.807, 2.05) is 47.0 Å². The van der Waals surface area contributed by atoms with E-state index in [1.54, 1.807) is 0 Å². The predicted molar refractivity (Wildman–Crippen MR) is 215 cm³/mol. The molecule has 2 unspecified atom stereocenters. The Morgan fingerprint density at radius 1 is 1.00 bits per heavy atom. The van der Waals surface area contributed by atoms with Crippen molar-refractivity contribution in [3.8, 4) is 0 Å². The molecule has 2 aromatic heterocycles. The van der Waals surface area contributed by atoms with Gasteiger partial charge in [-0.3, -0.25) is 28.3 Å². The minimum Gasteiger partial charge on any atom is -0.414 e. The number of nitrogens with one attached hydrogen (secondary N) is 1. The lowest BCUT2D eigenvalue weighted by Gasteiger charge is -2.43. The Balaban J connectivity index is 1.55. The number of aliphatic hydroxyl groups excluding tert-OH is 2. The molecule has 1 spiro atoms. The summed E-state index contributed by atoms with van der Waals surface area (Å²) < 4.78 is 61.4. The molecule has 57 heavy (non-hydrogen) atoms. The molecule has 2 saturated heterocycles. The van der Waals surface area contributed by atoms with E-state index < -0.39 is 103 Å². The Labute approximate surface area is 333 Å². The van der Waals surface area contributed by atoms with Crippen molar-refractivity contribution < 1.29 is 41.1 Å². The summed E-state index contributed by atoms with van der Waals surface area (Å²) in [5, 5.41) is 19.9. The van der Waals surface area contributed by atoms with Crippen molar-refractivity contribution in [3.63, 3.8) is 0 Å². The zero-order valence-electron chi connectivity index (χ0n) is 34.7. The van der Waals surface area contributed by atoms with Crippen molar-refractivity contribution in [3.05, 3.63) is 76.3 Å². The average molecular weight is 858 g/mol. The molecule has 3 aliphatic rings. The molecule has 320 valence electrons. The second kappa shape index (κ2) is 15.6. The van der Waals surface area contributed by atoms with Gasteiger partial charge < -0.3 is 34.3 Å². The number of aliphatic hydroxyl groups is 2. The smallest absolute Gasteiger partial charge is 0.333 e. The first-order valence-electron chi connectivity index (χ1n) is 19.1. The summed E-state index contributed by atoms with van der Waals surface area (Å²) in [7, 11) is -9.62. The monoisotopic (exact) mass is 857 g/mol. The Hall–Kier alpha value is -3.00. The van der Waals surface area contributed by atoms with Gasteiger partial charge in [0, 0.05) is 36.5 Å². The molecule has 0 aliphatic carbocycles. The summed E-state index contributed by atoms with van der Waals surface area (Å²) in [6.07, 6.45) is -3.81. The van der Waals surface area contributed by atoms with Crippen LogP contribution in [0.15, 0.2) is 42.7 Å². The molecule has 0 aromatic carbocycles. The van der Waals surface area contributed by atoms with Crippen LogP contribution in [0.3, 0.4) is 0 Å². The van der Waals surface area contributed by atoms with E-state index in [2.05, 4.69) is 25.8 Å². The van der Waals surface area contributed by atoms with Crippen LogP contribution >= 0.6 is 0 Å². The van der Waals surface area contributed by atoms with Crippen molar-refractivity contribution in [1.29, 1.82) is 0 Å². The third-order valence-corrected chi connectivity index (χ3v) is 22.3. The first-order chi connectivity index (χ1) is 26.1. The SMILES string of the molecule is Cc1cn([C@@H]2OC(CO[Si](C)(C)C(C)(C)C)C3(OS(=O)(=O)C=C3N)[C@H]2O[Si](C)(C)C(C)(C)C)c(=O)n(CCCc2cn([C@H]3C[C@H](O)[C@@H](CO)O3)c(=O)[nH]c2=O)c1=O. The highest BCUT2D eigenvalue weighted by molar-refractivity contribution is 7.90. The maximum atomic E-state index is 14.5. The Kier molecular flexibility index (Phi) is 12.3. The largest absolute Gasteiger partial charge is 0.414 e. The van der Waals surface area contributed by atoms with Gasteiger partial charge in [-0.25, -0.2) is 13.8 Å². The summed E-state index contributed by atoms with van der Waals surface area (Å²) in [4.78, 5) is 55.8. The number of rotatable bonds is 12. The molecule has 0 amide bonds. The van der Waals surface area contributed by atoms with Crippen LogP contribution in [0.4, 0.5) is 0 Å². The van der Waals surface area contributed by atoms with Crippen LogP contribution in [-0.4, -0.2) is 97.2 Å². The number of aromatic amines is 1. The highest BCUT2D eigenvalue weighted by atomic mass is 32.2. The fourth-order valence-corrected chi connectivity index (χ4v) is 10.3. The van der Waals surface area contributed by atoms with Crippen molar-refractivity contribution in [1.82, 2.24) is 18.7 Å². The highest BCUT2D eigenvalue weighted by Crippen LogP contribution is 2.52. The summed E-state index contributed by atoms with van der Waals surface area (Å²) in [5.41, 5.74) is 2.05. The quantitative estimate of drug-likeness (QED) is 0.175. The molecular weight excluding hydrogens is 799 g/mol. The van der Waals surface area contributed by atoms with Gasteiger partial charge in [0.25, 0.3) is 21.2 Å². The van der Waals surface area contributed by atoms with Crippen molar-refractivity contribution in [2.75, 3.05) is 13.2 Å². The lowest BCUT2D eigenvalue weighted by molar-refractivity contribution is -0.0567. The normalized spacial score (nSPS) is 28.1. The van der Waals surface area contributed by atoms with Gasteiger partial charge in [-0.2, -0.15) is 8.42 Å². The predicted octanol–water partition coefficient (Wildman–Crippen LogP) is 1.65. The van der Waals surface area contributed by atoms with Gasteiger partial charge in [0.15, 0.2) is 28.5 Å². The average Bonchev–Trinajstić information content (AvgIpc) is 3.68. The maximum Gasteiger partial charge on any atom is 0.333 e. The molecule has 0 bridgehead atoms. The summed E-state index contributed by atoms with van der Waals surface area (Å²) in [5.74, 6) is 0. The number of aryl methyl sites for hydroxylation is 2. The van der Waals surface area contributed by atoms with E-state index in [0.29, 0.717) is 0 Å². The standard InChI is InChI=1S/C36H59N5O13SSi2/c1-21-16-41(33(47)39(30(21)45)14-12-13-22-17-40(32(46)38-29(22)44)27-15-23(43)24(18-42)51-27)31-28(53-57(10,11)35(5,6)7)36(25(37)20-55(48,49)54-36)26(52-31)19-50-56(8,9)34(2,3)4/h16-17,20,23-24,26-28,31,42-43H,12-15,18-19,37H2,1-11H3,(H,38,44,46)/t23-,24+,26?,27+,28-,31+,36?/m0/s1. The van der Waals surface area contributed by atoms with Crippen molar-refractivity contribution >= 4 is 26.8 Å². The number of H-pyrrole nitrogens is 1. The Bertz CT molecular complexity index is 2240. The van der Waals surface area contributed by atoms with Crippen LogP contribution in [0.2, 0.25) is 36.3 Å². The van der Waals surface area contributed by atoms with E-state index in [0.717, 1.165) is 14.5 Å². The molecule has 5 N–H and O–H groups in total. The topological polar surface area (TPSA) is 246 Å². The fraction of sp³-hybridized carbons (Fsp3) is 0.722. The lowest BCUT2D eigenvalue weighted by atomic mass is 9.89. The Morgan fingerprint density at radius 2 is 1.63 bits per heavy atom. The van der Waals surface area contributed by atoms with Gasteiger partial charge in [0.05, 0.1) is 30.4 Å². The van der Waals surface area contributed by atoms with Crippen LogP contribution in [-0.2, 0) is 45.6 Å². The number of hydrogen-bond donors (Lipinski definition) is 4. The van der Waals surface area contributed by atoms with Crippen LogP contribution in [0, 0.1) is 6.92 Å². The molecule has 0 saturated carbocycles. The molecule has 18 nitrogen and oxygen atoms in total. The van der Waals surface area contributed by atoms with E-state index in [1.165, 1.54) is 23.9 Å². The van der Waals surface area contributed by atoms with Gasteiger partial charge in [0.1, 0.15) is 24.5 Å². The molecule has 3 aliphatic heterocycles. The number of ether oxygens (including phenoxy) is 2. The zero-order valence-corrected chi connectivity index (χ0v) is 37.5. The van der Waals surface area contributed by atoms with Gasteiger partial charge in [0.2, 0.25) is 0 Å². The fourth-order valence-electron chi connectivity index (χ4n) is 6.75. The first kappa shape index (κ1) is 45.1. The molecular formula is C36H59N5O13SSi2. The third kappa shape index (κ3) is 8.55. The van der Waals surface area contributed by atoms with Crippen LogP contribution < -0.4 is 28.2 Å². The van der Waals surface area contributed by atoms with E-state index >= 15 is 0 Å². The summed E-state index contributed by atoms with van der Waals surface area (Å²) in [6.45, 7) is 21.0. The molecule has 2 aromatic rings. The van der Waals surface area contributed by atoms with E-state index in [4.69, 9.17) is 28.2 Å². The molecule has 21 heteroatoms. The molecule has 7 atom stereocenters. The van der Waals surface area contributed by atoms with Crippen molar-refractivity contribution in [2.45, 2.75) is 153 Å². The minimum atomic E-state index is -4.32. The number of aromatic nitrogens is 4.